The molecule has 1 saturated carbocycles. The van der Waals surface area contributed by atoms with Gasteiger partial charge < -0.3 is 0 Å². The summed E-state index contributed by atoms with van der Waals surface area (Å²) in [6.07, 6.45) is 3.18. The largest absolute Gasteiger partial charge is 0.294 e. The minimum atomic E-state index is -0.230. The van der Waals surface area contributed by atoms with Crippen molar-refractivity contribution in [1.82, 2.24) is 0 Å². The standard InChI is InChI=1S/C16H19FO/c1-15(2)7-4-8-16(3)12-9-10(17)5-6-11(12)13(18)14(15)16/h5-6,9,14H,4,7-8H2,1-3H3/t14-,16-/m0/s1. The molecule has 96 valence electrons. The topological polar surface area (TPSA) is 17.1 Å². The van der Waals surface area contributed by atoms with Gasteiger partial charge in [-0.25, -0.2) is 4.39 Å². The third-order valence-electron chi connectivity index (χ3n) is 5.06. The van der Waals surface area contributed by atoms with Crippen molar-refractivity contribution in [2.75, 3.05) is 0 Å². The van der Waals surface area contributed by atoms with E-state index in [9.17, 15) is 9.18 Å². The molecule has 3 rings (SSSR count). The Bertz CT molecular complexity index is 532. The number of fused-ring (bicyclic) bond motifs is 3. The van der Waals surface area contributed by atoms with Crippen LogP contribution in [0.1, 0.15) is 56.0 Å². The van der Waals surface area contributed by atoms with Gasteiger partial charge in [0.25, 0.3) is 0 Å². The molecule has 2 aliphatic carbocycles. The number of carbonyl (C=O) groups excluding carboxylic acids is 1. The lowest BCUT2D eigenvalue weighted by atomic mass is 9.56. The molecule has 0 amide bonds. The molecule has 2 heteroatoms. The Morgan fingerprint density at radius 3 is 2.67 bits per heavy atom. The smallest absolute Gasteiger partial charge is 0.167 e. The van der Waals surface area contributed by atoms with Crippen LogP contribution in [-0.2, 0) is 5.41 Å². The minimum absolute atomic E-state index is 0.00977. The molecule has 1 aromatic carbocycles. The maximum Gasteiger partial charge on any atom is 0.167 e. The Balaban J connectivity index is 2.23. The van der Waals surface area contributed by atoms with Gasteiger partial charge in [-0.15, -0.1) is 0 Å². The number of Topliss-reactive ketones (excluding diaryl/α,β-unsaturated/α-hetero) is 1. The predicted molar refractivity (Wildman–Crippen MR) is 69.2 cm³/mol. The molecule has 0 radical (unpaired) electrons. The van der Waals surface area contributed by atoms with Gasteiger partial charge in [0.05, 0.1) is 0 Å². The summed E-state index contributed by atoms with van der Waals surface area (Å²) in [5, 5.41) is 0. The fourth-order valence-corrected chi connectivity index (χ4v) is 4.36. The monoisotopic (exact) mass is 246 g/mol. The fraction of sp³-hybridized carbons (Fsp3) is 0.562. The van der Waals surface area contributed by atoms with Crippen LogP contribution < -0.4 is 0 Å². The summed E-state index contributed by atoms with van der Waals surface area (Å²) >= 11 is 0. The number of benzene rings is 1. The lowest BCUT2D eigenvalue weighted by molar-refractivity contribution is 0.0500. The summed E-state index contributed by atoms with van der Waals surface area (Å²) in [4.78, 5) is 12.6. The molecule has 1 aromatic rings. The Hall–Kier alpha value is -1.18. The lowest BCUT2D eigenvalue weighted by Gasteiger charge is -2.46. The molecule has 2 aliphatic rings. The van der Waals surface area contributed by atoms with Crippen LogP contribution in [-0.4, -0.2) is 5.78 Å². The van der Waals surface area contributed by atoms with Gasteiger partial charge in [0.1, 0.15) is 5.82 Å². The van der Waals surface area contributed by atoms with Gasteiger partial charge in [-0.2, -0.15) is 0 Å². The maximum atomic E-state index is 13.5. The summed E-state index contributed by atoms with van der Waals surface area (Å²) in [5.41, 5.74) is 1.53. The van der Waals surface area contributed by atoms with Crippen molar-refractivity contribution in [3.05, 3.63) is 35.1 Å². The molecular weight excluding hydrogens is 227 g/mol. The highest BCUT2D eigenvalue weighted by molar-refractivity contribution is 6.04. The van der Waals surface area contributed by atoms with E-state index in [1.54, 1.807) is 12.1 Å². The van der Waals surface area contributed by atoms with E-state index in [1.165, 1.54) is 6.07 Å². The quantitative estimate of drug-likeness (QED) is 0.673. The van der Waals surface area contributed by atoms with Crippen LogP contribution in [0, 0.1) is 17.2 Å². The summed E-state index contributed by atoms with van der Waals surface area (Å²) in [6, 6.07) is 4.66. The molecule has 0 aliphatic heterocycles. The minimum Gasteiger partial charge on any atom is -0.294 e. The van der Waals surface area contributed by atoms with Crippen LogP contribution in [0.15, 0.2) is 18.2 Å². The van der Waals surface area contributed by atoms with Crippen molar-refractivity contribution in [2.24, 2.45) is 11.3 Å². The maximum absolute atomic E-state index is 13.5. The molecule has 0 saturated heterocycles. The number of carbonyl (C=O) groups is 1. The van der Waals surface area contributed by atoms with E-state index in [0.717, 1.165) is 30.4 Å². The molecule has 0 N–H and O–H groups in total. The van der Waals surface area contributed by atoms with Crippen LogP contribution in [0.25, 0.3) is 0 Å². The Kier molecular flexibility index (Phi) is 2.27. The third kappa shape index (κ3) is 1.35. The van der Waals surface area contributed by atoms with Gasteiger partial charge in [-0.05, 0) is 42.0 Å². The summed E-state index contributed by atoms with van der Waals surface area (Å²) in [5.74, 6) is -0.000412. The van der Waals surface area contributed by atoms with Crippen LogP contribution in [0.3, 0.4) is 0 Å². The van der Waals surface area contributed by atoms with E-state index in [1.807, 2.05) is 0 Å². The zero-order chi connectivity index (χ0) is 13.1. The van der Waals surface area contributed by atoms with E-state index in [0.29, 0.717) is 0 Å². The van der Waals surface area contributed by atoms with Crippen LogP contribution in [0.4, 0.5) is 4.39 Å². The van der Waals surface area contributed by atoms with Crippen LogP contribution in [0.2, 0.25) is 0 Å². The second kappa shape index (κ2) is 3.43. The van der Waals surface area contributed by atoms with Gasteiger partial charge in [0.15, 0.2) is 5.78 Å². The molecular formula is C16H19FO. The van der Waals surface area contributed by atoms with E-state index < -0.39 is 0 Å². The molecule has 0 aromatic heterocycles. The van der Waals surface area contributed by atoms with Gasteiger partial charge >= 0.3 is 0 Å². The van der Waals surface area contributed by atoms with Gasteiger partial charge in [0, 0.05) is 16.9 Å². The first-order valence-corrected chi connectivity index (χ1v) is 6.70. The SMILES string of the molecule is CC1(C)CCC[C@@]2(C)c3cc(F)ccc3C(=O)[C@@H]12. The van der Waals surface area contributed by atoms with Gasteiger partial charge in [-0.3, -0.25) is 4.79 Å². The summed E-state index contributed by atoms with van der Waals surface area (Å²) in [7, 11) is 0. The third-order valence-corrected chi connectivity index (χ3v) is 5.06. The van der Waals surface area contributed by atoms with Crippen molar-refractivity contribution in [2.45, 2.75) is 45.4 Å². The number of halogens is 1. The van der Waals surface area contributed by atoms with Crippen molar-refractivity contribution in [1.29, 1.82) is 0 Å². The molecule has 0 spiro atoms. The molecule has 1 nitrogen and oxygen atoms in total. The van der Waals surface area contributed by atoms with Crippen molar-refractivity contribution in [3.8, 4) is 0 Å². The van der Waals surface area contributed by atoms with Crippen molar-refractivity contribution in [3.63, 3.8) is 0 Å². The van der Waals surface area contributed by atoms with E-state index in [2.05, 4.69) is 20.8 Å². The second-order valence-corrected chi connectivity index (χ2v) is 6.75. The molecule has 18 heavy (non-hydrogen) atoms. The fourth-order valence-electron chi connectivity index (χ4n) is 4.36. The Morgan fingerprint density at radius 1 is 1.22 bits per heavy atom. The Labute approximate surface area is 107 Å². The number of rotatable bonds is 0. The number of hydrogen-bond donors (Lipinski definition) is 0. The molecule has 1 fully saturated rings. The molecule has 0 heterocycles. The second-order valence-electron chi connectivity index (χ2n) is 6.75. The highest BCUT2D eigenvalue weighted by atomic mass is 19.1. The first-order chi connectivity index (χ1) is 8.36. The van der Waals surface area contributed by atoms with Gasteiger partial charge in [0.2, 0.25) is 0 Å². The highest BCUT2D eigenvalue weighted by Crippen LogP contribution is 2.58. The average molecular weight is 246 g/mol. The number of ketones is 1. The van der Waals surface area contributed by atoms with Gasteiger partial charge in [-0.1, -0.05) is 27.2 Å². The van der Waals surface area contributed by atoms with Crippen LogP contribution in [0.5, 0.6) is 0 Å². The molecule has 0 bridgehead atoms. The zero-order valence-electron chi connectivity index (χ0n) is 11.2. The van der Waals surface area contributed by atoms with E-state index >= 15 is 0 Å². The normalized spacial score (nSPS) is 33.1. The number of hydrogen-bond acceptors (Lipinski definition) is 1. The Morgan fingerprint density at radius 2 is 1.94 bits per heavy atom. The van der Waals surface area contributed by atoms with E-state index in [-0.39, 0.29) is 28.3 Å². The predicted octanol–water partition coefficient (Wildman–Crippen LogP) is 4.11. The van der Waals surface area contributed by atoms with Crippen LogP contribution >= 0.6 is 0 Å². The molecule has 0 unspecified atom stereocenters. The first-order valence-electron chi connectivity index (χ1n) is 6.70. The van der Waals surface area contributed by atoms with E-state index in [4.69, 9.17) is 0 Å². The first kappa shape index (κ1) is 11.9. The van der Waals surface area contributed by atoms with Crippen molar-refractivity contribution >= 4 is 5.78 Å². The zero-order valence-corrected chi connectivity index (χ0v) is 11.2. The lowest BCUT2D eigenvalue weighted by Crippen LogP contribution is -2.44. The van der Waals surface area contributed by atoms with Crippen molar-refractivity contribution < 1.29 is 9.18 Å². The molecule has 2 atom stereocenters. The summed E-state index contributed by atoms with van der Waals surface area (Å²) < 4.78 is 13.5. The average Bonchev–Trinajstić information content (AvgIpc) is 2.48. The highest BCUT2D eigenvalue weighted by Gasteiger charge is 2.56. The summed E-state index contributed by atoms with van der Waals surface area (Å²) in [6.45, 7) is 6.49.